The fourth-order valence-corrected chi connectivity index (χ4v) is 4.78. The Morgan fingerprint density at radius 3 is 2.68 bits per heavy atom. The minimum atomic E-state index is -0.639. The van der Waals surface area contributed by atoms with Crippen LogP contribution in [-0.4, -0.2) is 27.6 Å². The zero-order valence-corrected chi connectivity index (χ0v) is 17.9. The van der Waals surface area contributed by atoms with Crippen molar-refractivity contribution in [1.29, 1.82) is 0 Å². The van der Waals surface area contributed by atoms with Gasteiger partial charge in [-0.05, 0) is 44.7 Å². The van der Waals surface area contributed by atoms with Gasteiger partial charge < -0.3 is 14.6 Å². The molecule has 0 radical (unpaired) electrons. The summed E-state index contributed by atoms with van der Waals surface area (Å²) < 4.78 is 11.3. The van der Waals surface area contributed by atoms with Crippen molar-refractivity contribution in [3.8, 4) is 0 Å². The van der Waals surface area contributed by atoms with Crippen LogP contribution in [0, 0.1) is 6.92 Å². The first kappa shape index (κ1) is 20.1. The van der Waals surface area contributed by atoms with E-state index in [0.29, 0.717) is 17.3 Å². The summed E-state index contributed by atoms with van der Waals surface area (Å²) in [5, 5.41) is 8.59. The third-order valence-electron chi connectivity index (χ3n) is 6.49. The van der Waals surface area contributed by atoms with Crippen molar-refractivity contribution in [3.63, 3.8) is 0 Å². The number of carbonyl (C=O) groups excluding carboxylic acids is 1. The molecule has 2 fully saturated rings. The molecule has 1 aliphatic carbocycles. The molecule has 1 N–H and O–H groups in total. The molecule has 1 aliphatic heterocycles. The number of hydrogen-bond donors (Lipinski definition) is 1. The Balaban J connectivity index is 1.50. The highest BCUT2D eigenvalue weighted by Gasteiger charge is 2.40. The van der Waals surface area contributed by atoms with E-state index >= 15 is 0 Å². The fourth-order valence-electron chi connectivity index (χ4n) is 4.78. The highest BCUT2D eigenvalue weighted by molar-refractivity contribution is 6.05. The number of nitrogens with zero attached hydrogens (tertiary/aromatic N) is 3. The van der Waals surface area contributed by atoms with E-state index in [9.17, 15) is 4.79 Å². The second-order valence-electron chi connectivity index (χ2n) is 8.74. The lowest BCUT2D eigenvalue weighted by molar-refractivity contribution is 0.0833. The Morgan fingerprint density at radius 2 is 1.90 bits per heavy atom. The number of aryl methyl sites for hydroxylation is 1. The van der Waals surface area contributed by atoms with Crippen LogP contribution >= 0.6 is 0 Å². The van der Waals surface area contributed by atoms with Gasteiger partial charge in [-0.1, -0.05) is 49.0 Å². The van der Waals surface area contributed by atoms with E-state index in [1.165, 1.54) is 0 Å². The molecule has 0 unspecified atom stereocenters. The second kappa shape index (κ2) is 8.38. The zero-order chi connectivity index (χ0) is 21.3. The summed E-state index contributed by atoms with van der Waals surface area (Å²) in [5.74, 6) is 0.944. The molecule has 1 atom stereocenters. The van der Waals surface area contributed by atoms with Crippen molar-refractivity contribution < 1.29 is 14.1 Å². The maximum absolute atomic E-state index is 13.5. The van der Waals surface area contributed by atoms with Crippen molar-refractivity contribution in [2.75, 3.05) is 6.61 Å². The van der Waals surface area contributed by atoms with Gasteiger partial charge in [-0.3, -0.25) is 9.78 Å². The monoisotopic (exact) mass is 420 g/mol. The number of aromatic nitrogens is 3. The molecule has 3 heterocycles. The lowest BCUT2D eigenvalue weighted by Crippen LogP contribution is -2.46. The fraction of sp³-hybridized carbons (Fsp3) is 0.500. The van der Waals surface area contributed by atoms with Crippen LogP contribution in [0.25, 0.3) is 10.9 Å². The molecule has 1 aromatic carbocycles. The maximum atomic E-state index is 13.5. The predicted molar refractivity (Wildman–Crippen MR) is 116 cm³/mol. The summed E-state index contributed by atoms with van der Waals surface area (Å²) >= 11 is 0. The first-order valence-corrected chi connectivity index (χ1v) is 11.3. The van der Waals surface area contributed by atoms with Crippen LogP contribution in [0.1, 0.15) is 85.2 Å². The van der Waals surface area contributed by atoms with Crippen molar-refractivity contribution in [3.05, 3.63) is 53.3 Å². The molecule has 7 nitrogen and oxygen atoms in total. The smallest absolute Gasteiger partial charge is 0.255 e. The number of hydrogen-bond acceptors (Lipinski definition) is 6. The largest absolute Gasteiger partial charge is 0.368 e. The number of pyridine rings is 1. The van der Waals surface area contributed by atoms with Crippen molar-refractivity contribution in [1.82, 2.24) is 20.4 Å². The molecular weight excluding hydrogens is 392 g/mol. The average Bonchev–Trinajstić information content (AvgIpc) is 3.43. The van der Waals surface area contributed by atoms with Crippen LogP contribution in [0.5, 0.6) is 0 Å². The van der Waals surface area contributed by atoms with Crippen LogP contribution in [0.15, 0.2) is 34.9 Å². The molecular formula is C24H28N4O3. The molecule has 7 heteroatoms. The predicted octanol–water partition coefficient (Wildman–Crippen LogP) is 4.76. The molecule has 162 valence electrons. The minimum Gasteiger partial charge on any atom is -0.368 e. The van der Waals surface area contributed by atoms with Gasteiger partial charge in [0.1, 0.15) is 11.6 Å². The summed E-state index contributed by atoms with van der Waals surface area (Å²) in [6.07, 6.45) is 7.64. The average molecular weight is 421 g/mol. The van der Waals surface area contributed by atoms with E-state index in [0.717, 1.165) is 74.6 Å². The molecule has 2 aliphatic rings. The number of fused-ring (bicyclic) bond motifs is 1. The van der Waals surface area contributed by atoms with Gasteiger partial charge in [0, 0.05) is 17.7 Å². The number of rotatable bonds is 4. The quantitative estimate of drug-likeness (QED) is 0.612. The summed E-state index contributed by atoms with van der Waals surface area (Å²) in [4.78, 5) is 22.9. The Bertz CT molecular complexity index is 1080. The van der Waals surface area contributed by atoms with Crippen molar-refractivity contribution in [2.24, 2.45) is 0 Å². The second-order valence-corrected chi connectivity index (χ2v) is 8.74. The summed E-state index contributed by atoms with van der Waals surface area (Å²) in [6.45, 7) is 2.66. The molecule has 5 rings (SSSR count). The van der Waals surface area contributed by atoms with Gasteiger partial charge in [0.25, 0.3) is 11.8 Å². The van der Waals surface area contributed by atoms with Gasteiger partial charge >= 0.3 is 0 Å². The van der Waals surface area contributed by atoms with E-state index in [1.807, 2.05) is 37.3 Å². The van der Waals surface area contributed by atoms with Crippen LogP contribution in [0.2, 0.25) is 0 Å². The first-order valence-electron chi connectivity index (χ1n) is 11.3. The van der Waals surface area contributed by atoms with Crippen LogP contribution in [0.3, 0.4) is 0 Å². The molecule has 1 saturated heterocycles. The van der Waals surface area contributed by atoms with Gasteiger partial charge in [-0.2, -0.15) is 4.98 Å². The van der Waals surface area contributed by atoms with Crippen molar-refractivity contribution in [2.45, 2.75) is 69.9 Å². The number of nitrogens with one attached hydrogen (secondary N) is 1. The highest BCUT2D eigenvalue weighted by Crippen LogP contribution is 2.37. The van der Waals surface area contributed by atoms with Gasteiger partial charge in [0.05, 0.1) is 11.1 Å². The number of ether oxygens (including phenoxy) is 1. The third-order valence-corrected chi connectivity index (χ3v) is 6.49. The van der Waals surface area contributed by atoms with Gasteiger partial charge in [0.15, 0.2) is 5.82 Å². The molecule has 1 amide bonds. The van der Waals surface area contributed by atoms with Crippen LogP contribution in [0.4, 0.5) is 0 Å². The van der Waals surface area contributed by atoms with Crippen LogP contribution in [-0.2, 0) is 10.3 Å². The molecule has 3 aromatic rings. The Labute approximate surface area is 181 Å². The Morgan fingerprint density at radius 1 is 1.06 bits per heavy atom. The minimum absolute atomic E-state index is 0.134. The van der Waals surface area contributed by atoms with E-state index in [-0.39, 0.29) is 12.0 Å². The summed E-state index contributed by atoms with van der Waals surface area (Å²) in [7, 11) is 0. The molecule has 1 saturated carbocycles. The van der Waals surface area contributed by atoms with E-state index < -0.39 is 5.54 Å². The van der Waals surface area contributed by atoms with Crippen LogP contribution < -0.4 is 5.32 Å². The van der Waals surface area contributed by atoms with Crippen molar-refractivity contribution >= 4 is 16.8 Å². The van der Waals surface area contributed by atoms with E-state index in [2.05, 4.69) is 15.5 Å². The van der Waals surface area contributed by atoms with Gasteiger partial charge in [0.2, 0.25) is 0 Å². The number of para-hydroxylation sites is 1. The van der Waals surface area contributed by atoms with Gasteiger partial charge in [-0.25, -0.2) is 0 Å². The molecule has 2 aromatic heterocycles. The maximum Gasteiger partial charge on any atom is 0.255 e. The Kier molecular flexibility index (Phi) is 5.44. The first-order chi connectivity index (χ1) is 15.1. The Hall–Kier alpha value is -2.80. The normalized spacial score (nSPS) is 21.1. The summed E-state index contributed by atoms with van der Waals surface area (Å²) in [6, 6.07) is 9.68. The third kappa shape index (κ3) is 3.94. The molecule has 31 heavy (non-hydrogen) atoms. The zero-order valence-electron chi connectivity index (χ0n) is 17.9. The number of benzene rings is 1. The number of carbonyl (C=O) groups is 1. The molecule has 0 spiro atoms. The molecule has 0 bridgehead atoms. The standard InChI is InChI=1S/C24H28N4O3/c1-16-11-12-17-8-6-9-18(20(17)25-16)21(29)27-24(13-4-2-3-5-14-24)23-26-22(31-28-23)19-10-7-15-30-19/h6,8-9,11-12,19H,2-5,7,10,13-15H2,1H3,(H,27,29)/t19-/m1/s1. The van der Waals surface area contributed by atoms with E-state index in [4.69, 9.17) is 14.2 Å². The van der Waals surface area contributed by atoms with Gasteiger partial charge in [-0.15, -0.1) is 0 Å². The topological polar surface area (TPSA) is 90.1 Å². The lowest BCUT2D eigenvalue weighted by Gasteiger charge is -2.31. The number of amides is 1. The lowest BCUT2D eigenvalue weighted by atomic mass is 9.88. The summed E-state index contributed by atoms with van der Waals surface area (Å²) in [5.41, 5.74) is 1.54. The SMILES string of the molecule is Cc1ccc2cccc(C(=O)NC3(c4noc([C@H]5CCCO5)n4)CCCCCC3)c2n1. The van der Waals surface area contributed by atoms with E-state index in [1.54, 1.807) is 0 Å². The highest BCUT2D eigenvalue weighted by atomic mass is 16.5.